The molecule has 3 N–H and O–H groups in total. The lowest BCUT2D eigenvalue weighted by atomic mass is 10.0. The highest BCUT2D eigenvalue weighted by Crippen LogP contribution is 2.26. The molecule has 1 heterocycles. The number of aliphatic hydroxyl groups excluding tert-OH is 1. The lowest BCUT2D eigenvalue weighted by molar-refractivity contribution is 0.0258. The molecule has 146 valence electrons. The van der Waals surface area contributed by atoms with Gasteiger partial charge in [0.1, 0.15) is 6.10 Å². The minimum Gasteiger partial charge on any atom is -0.386 e. The highest BCUT2D eigenvalue weighted by atomic mass is 127. The first kappa shape index (κ1) is 24.9. The predicted molar refractivity (Wildman–Crippen MR) is 119 cm³/mol. The van der Waals surface area contributed by atoms with Crippen molar-refractivity contribution in [1.82, 2.24) is 10.6 Å². The van der Waals surface area contributed by atoms with Crippen LogP contribution in [-0.4, -0.2) is 43.4 Å². The zero-order valence-electron chi connectivity index (χ0n) is 15.4. The summed E-state index contributed by atoms with van der Waals surface area (Å²) >= 11 is 7.28. The van der Waals surface area contributed by atoms with Crippen molar-refractivity contribution < 1.29 is 9.84 Å². The molecule has 1 aromatic rings. The molecule has 0 fully saturated rings. The molecule has 0 bridgehead atoms. The molecule has 25 heavy (non-hydrogen) atoms. The highest BCUT2D eigenvalue weighted by molar-refractivity contribution is 14.0. The van der Waals surface area contributed by atoms with Crippen LogP contribution in [0, 0.1) is 5.92 Å². The average molecular weight is 504 g/mol. The van der Waals surface area contributed by atoms with Crippen LogP contribution in [0.4, 0.5) is 0 Å². The maximum Gasteiger partial charge on any atom is 0.191 e. The number of aliphatic hydroxyl groups is 1. The quantitative estimate of drug-likeness (QED) is 0.256. The Labute approximate surface area is 177 Å². The first-order valence-electron chi connectivity index (χ1n) is 8.54. The van der Waals surface area contributed by atoms with E-state index in [9.17, 15) is 5.11 Å². The third kappa shape index (κ3) is 9.98. The van der Waals surface area contributed by atoms with Gasteiger partial charge in [-0.25, -0.2) is 0 Å². The minimum atomic E-state index is -0.634. The number of nitrogens with zero attached hydrogens (tertiary/aromatic N) is 1. The van der Waals surface area contributed by atoms with Crippen molar-refractivity contribution >= 4 is 52.9 Å². The van der Waals surface area contributed by atoms with Crippen LogP contribution in [0.15, 0.2) is 17.1 Å². The molecular weight excluding hydrogens is 473 g/mol. The van der Waals surface area contributed by atoms with E-state index in [1.165, 1.54) is 11.3 Å². The maximum absolute atomic E-state index is 10.2. The summed E-state index contributed by atoms with van der Waals surface area (Å²) in [6.07, 6.45) is 0.521. The van der Waals surface area contributed by atoms with Crippen molar-refractivity contribution in [2.75, 3.05) is 26.2 Å². The fraction of sp³-hybridized carbons (Fsp3) is 0.706. The smallest absolute Gasteiger partial charge is 0.191 e. The molecule has 0 aromatic carbocycles. The van der Waals surface area contributed by atoms with Crippen LogP contribution in [0.5, 0.6) is 0 Å². The van der Waals surface area contributed by atoms with E-state index in [4.69, 9.17) is 16.3 Å². The van der Waals surface area contributed by atoms with E-state index >= 15 is 0 Å². The Balaban J connectivity index is 0.00000576. The van der Waals surface area contributed by atoms with E-state index < -0.39 is 6.10 Å². The van der Waals surface area contributed by atoms with Gasteiger partial charge in [-0.3, -0.25) is 4.99 Å². The molecule has 0 saturated carbocycles. The second-order valence-corrected chi connectivity index (χ2v) is 7.58. The molecular formula is C17H31ClIN3O2S. The van der Waals surface area contributed by atoms with Gasteiger partial charge in [0.15, 0.2) is 5.96 Å². The molecule has 0 aliphatic rings. The van der Waals surface area contributed by atoms with Crippen LogP contribution in [0.2, 0.25) is 4.34 Å². The number of guanidine groups is 1. The normalized spacial score (nSPS) is 14.1. The van der Waals surface area contributed by atoms with Crippen LogP contribution in [-0.2, 0) is 4.74 Å². The Morgan fingerprint density at radius 2 is 2.04 bits per heavy atom. The fourth-order valence-corrected chi connectivity index (χ4v) is 3.31. The molecule has 0 saturated heterocycles. The first-order valence-corrected chi connectivity index (χ1v) is 9.74. The molecule has 0 amide bonds. The third-order valence-corrected chi connectivity index (χ3v) is 4.87. The Morgan fingerprint density at radius 1 is 1.32 bits per heavy atom. The minimum absolute atomic E-state index is 0. The Bertz CT molecular complexity index is 500. The van der Waals surface area contributed by atoms with Crippen molar-refractivity contribution in [1.29, 1.82) is 0 Å². The zero-order valence-corrected chi connectivity index (χ0v) is 19.3. The summed E-state index contributed by atoms with van der Waals surface area (Å²) < 4.78 is 6.43. The summed E-state index contributed by atoms with van der Waals surface area (Å²) in [6.45, 7) is 10.9. The number of hydrogen-bond acceptors (Lipinski definition) is 4. The molecule has 8 heteroatoms. The predicted octanol–water partition coefficient (Wildman–Crippen LogP) is 4.06. The standard InChI is InChI=1S/C17H30ClN3O2S.HI/c1-5-19-17(20-10-9-14(12(3)4)23-6-2)21-11-13(22)15-7-8-16(18)24-15;/h7-8,12-14,22H,5-6,9-11H2,1-4H3,(H2,19,20,21);1H. The third-order valence-electron chi connectivity index (χ3n) is 3.53. The van der Waals surface area contributed by atoms with Crippen molar-refractivity contribution in [3.63, 3.8) is 0 Å². The van der Waals surface area contributed by atoms with E-state index in [-0.39, 0.29) is 30.1 Å². The molecule has 1 rings (SSSR count). The van der Waals surface area contributed by atoms with Crippen LogP contribution >= 0.6 is 46.9 Å². The number of rotatable bonds is 10. The van der Waals surface area contributed by atoms with Crippen molar-refractivity contribution in [3.8, 4) is 0 Å². The highest BCUT2D eigenvalue weighted by Gasteiger charge is 2.13. The van der Waals surface area contributed by atoms with Gasteiger partial charge in [-0.2, -0.15) is 0 Å². The average Bonchev–Trinajstić information content (AvgIpc) is 2.97. The number of thiophene rings is 1. The number of aliphatic imine (C=N–C) groups is 1. The second-order valence-electron chi connectivity index (χ2n) is 5.83. The van der Waals surface area contributed by atoms with Crippen LogP contribution < -0.4 is 10.6 Å². The Hall–Kier alpha value is -0.0900. The van der Waals surface area contributed by atoms with E-state index in [1.807, 2.05) is 19.9 Å². The lowest BCUT2D eigenvalue weighted by Crippen LogP contribution is -2.39. The molecule has 2 atom stereocenters. The molecule has 0 aliphatic heterocycles. The van der Waals surface area contributed by atoms with Gasteiger partial charge < -0.3 is 20.5 Å². The monoisotopic (exact) mass is 503 g/mol. The fourth-order valence-electron chi connectivity index (χ4n) is 2.27. The topological polar surface area (TPSA) is 65.9 Å². The summed E-state index contributed by atoms with van der Waals surface area (Å²) in [5, 5.41) is 16.7. The molecule has 2 unspecified atom stereocenters. The Morgan fingerprint density at radius 3 is 2.56 bits per heavy atom. The van der Waals surface area contributed by atoms with Gasteiger partial charge in [-0.1, -0.05) is 25.4 Å². The summed E-state index contributed by atoms with van der Waals surface area (Å²) in [5.74, 6) is 1.19. The largest absolute Gasteiger partial charge is 0.386 e. The van der Waals surface area contributed by atoms with Gasteiger partial charge in [-0.05, 0) is 38.3 Å². The molecule has 0 spiro atoms. The van der Waals surface area contributed by atoms with Crippen LogP contribution in [0.25, 0.3) is 0 Å². The molecule has 0 aliphatic carbocycles. The van der Waals surface area contributed by atoms with Gasteiger partial charge in [0.25, 0.3) is 0 Å². The van der Waals surface area contributed by atoms with Crippen LogP contribution in [0.3, 0.4) is 0 Å². The van der Waals surface area contributed by atoms with Gasteiger partial charge in [-0.15, -0.1) is 35.3 Å². The van der Waals surface area contributed by atoms with Gasteiger partial charge >= 0.3 is 0 Å². The molecule has 0 radical (unpaired) electrons. The second kappa shape index (κ2) is 14.0. The van der Waals surface area contributed by atoms with Crippen molar-refractivity contribution in [2.24, 2.45) is 10.9 Å². The van der Waals surface area contributed by atoms with Crippen molar-refractivity contribution in [3.05, 3.63) is 21.3 Å². The maximum atomic E-state index is 10.2. The van der Waals surface area contributed by atoms with E-state index in [0.717, 1.165) is 31.0 Å². The zero-order chi connectivity index (χ0) is 17.9. The molecule has 1 aromatic heterocycles. The summed E-state index contributed by atoms with van der Waals surface area (Å²) in [6, 6.07) is 3.63. The van der Waals surface area contributed by atoms with Gasteiger partial charge in [0.2, 0.25) is 0 Å². The van der Waals surface area contributed by atoms with Gasteiger partial charge in [0, 0.05) is 24.6 Å². The molecule has 5 nitrogen and oxygen atoms in total. The van der Waals surface area contributed by atoms with E-state index in [2.05, 4.69) is 29.5 Å². The Kier molecular flexibility index (Phi) is 14.0. The van der Waals surface area contributed by atoms with Gasteiger partial charge in [0.05, 0.1) is 17.0 Å². The number of ether oxygens (including phenoxy) is 1. The number of nitrogens with one attached hydrogen (secondary N) is 2. The number of hydrogen-bond donors (Lipinski definition) is 3. The van der Waals surface area contributed by atoms with E-state index in [1.54, 1.807) is 6.07 Å². The summed E-state index contributed by atoms with van der Waals surface area (Å²) in [5.41, 5.74) is 0. The summed E-state index contributed by atoms with van der Waals surface area (Å²) in [4.78, 5) is 5.28. The van der Waals surface area contributed by atoms with Crippen LogP contribution in [0.1, 0.15) is 45.1 Å². The number of halogens is 2. The summed E-state index contributed by atoms with van der Waals surface area (Å²) in [7, 11) is 0. The lowest BCUT2D eigenvalue weighted by Gasteiger charge is -2.21. The van der Waals surface area contributed by atoms with Crippen molar-refractivity contribution in [2.45, 2.75) is 46.3 Å². The SMILES string of the molecule is CCNC(=NCC(O)c1ccc(Cl)s1)NCCC(OCC)C(C)C.I. The van der Waals surface area contributed by atoms with E-state index in [0.29, 0.717) is 22.8 Å². The first-order chi connectivity index (χ1) is 11.5.